The van der Waals surface area contributed by atoms with E-state index in [9.17, 15) is 31.1 Å². The van der Waals surface area contributed by atoms with Crippen LogP contribution in [0.5, 0.6) is 11.5 Å². The molecule has 0 saturated heterocycles. The molecule has 1 aromatic carbocycles. The number of benzene rings is 1. The minimum absolute atomic E-state index is 0.0675. The average molecular weight is 529 g/mol. The number of carbonyl (C=O) groups excluding carboxylic acids is 1. The number of nitrogens with one attached hydrogen (secondary N) is 1. The van der Waals surface area contributed by atoms with Crippen LogP contribution in [0.4, 0.5) is 37.8 Å². The Morgan fingerprint density at radius 3 is 2.39 bits per heavy atom. The third-order valence-corrected chi connectivity index (χ3v) is 4.96. The van der Waals surface area contributed by atoms with E-state index in [1.807, 2.05) is 0 Å². The summed E-state index contributed by atoms with van der Waals surface area (Å²) in [4.78, 5) is 19.8. The number of anilines is 2. The zero-order chi connectivity index (χ0) is 26.2. The predicted octanol–water partition coefficient (Wildman–Crippen LogP) is 5.38. The Hall–Kier alpha value is -4.33. The van der Waals surface area contributed by atoms with Gasteiger partial charge in [-0.1, -0.05) is 11.6 Å². The molecule has 0 aliphatic heterocycles. The van der Waals surface area contributed by atoms with Gasteiger partial charge >= 0.3 is 6.18 Å². The van der Waals surface area contributed by atoms with E-state index in [4.69, 9.17) is 22.1 Å². The predicted molar refractivity (Wildman–Crippen MR) is 114 cm³/mol. The molecule has 8 nitrogen and oxygen atoms in total. The van der Waals surface area contributed by atoms with E-state index in [0.717, 1.165) is 18.3 Å². The van der Waals surface area contributed by atoms with Crippen LogP contribution in [0.25, 0.3) is 5.82 Å². The van der Waals surface area contributed by atoms with E-state index in [-0.39, 0.29) is 21.3 Å². The molecule has 0 saturated carbocycles. The third-order valence-electron chi connectivity index (χ3n) is 4.58. The average Bonchev–Trinajstić information content (AvgIpc) is 3.25. The number of hydrogen-bond donors (Lipinski definition) is 2. The van der Waals surface area contributed by atoms with Crippen molar-refractivity contribution >= 4 is 29.0 Å². The van der Waals surface area contributed by atoms with Crippen LogP contribution in [-0.2, 0) is 6.18 Å². The Morgan fingerprint density at radius 2 is 1.75 bits per heavy atom. The molecule has 3 aromatic heterocycles. The molecule has 4 aromatic rings. The van der Waals surface area contributed by atoms with E-state index < -0.39 is 58.0 Å². The highest BCUT2D eigenvalue weighted by Gasteiger charge is 2.41. The molecule has 0 unspecified atom stereocenters. The number of ether oxygens (including phenoxy) is 1. The van der Waals surface area contributed by atoms with E-state index in [2.05, 4.69) is 15.1 Å². The second-order valence-electron chi connectivity index (χ2n) is 6.95. The second kappa shape index (κ2) is 9.37. The Labute approximate surface area is 202 Å². The van der Waals surface area contributed by atoms with E-state index in [0.29, 0.717) is 18.3 Å². The number of pyridine rings is 2. The van der Waals surface area contributed by atoms with Crippen molar-refractivity contribution < 1.29 is 35.9 Å². The fraction of sp³-hybridized carbons (Fsp3) is 0.0476. The van der Waals surface area contributed by atoms with Crippen LogP contribution < -0.4 is 15.8 Å². The first kappa shape index (κ1) is 24.8. The maximum Gasteiger partial charge on any atom is 0.434 e. The van der Waals surface area contributed by atoms with Crippen molar-refractivity contribution in [1.82, 2.24) is 19.7 Å². The van der Waals surface area contributed by atoms with Gasteiger partial charge in [-0.3, -0.25) is 4.79 Å². The number of nitrogen functional groups attached to an aromatic ring is 1. The Balaban J connectivity index is 1.66. The van der Waals surface area contributed by atoms with Crippen LogP contribution in [0.2, 0.25) is 5.02 Å². The molecule has 1 amide bonds. The minimum Gasteiger partial charge on any atom is -0.455 e. The lowest BCUT2D eigenvalue weighted by atomic mass is 10.2. The number of alkyl halides is 3. The first-order valence-corrected chi connectivity index (χ1v) is 9.99. The molecule has 0 radical (unpaired) electrons. The van der Waals surface area contributed by atoms with Gasteiger partial charge in [0.05, 0.1) is 11.8 Å². The third kappa shape index (κ3) is 4.75. The molecular formula is C21H11ClF6N6O2. The molecule has 4 rings (SSSR count). The molecule has 15 heteroatoms. The summed E-state index contributed by atoms with van der Waals surface area (Å²) < 4.78 is 89.9. The lowest BCUT2D eigenvalue weighted by Gasteiger charge is -2.14. The Kier molecular flexibility index (Phi) is 6.45. The van der Waals surface area contributed by atoms with Gasteiger partial charge in [0.25, 0.3) is 5.91 Å². The molecule has 3 heterocycles. The molecule has 36 heavy (non-hydrogen) atoms. The second-order valence-corrected chi connectivity index (χ2v) is 7.33. The van der Waals surface area contributed by atoms with Crippen molar-refractivity contribution in [2.24, 2.45) is 0 Å². The SMILES string of the molecule is Nc1nccc(Oc2cc(F)c(NC(=O)c3cnn(-c4ncccc4F)c3C(F)(F)F)c(F)c2)c1Cl. The number of rotatable bonds is 5. The monoisotopic (exact) mass is 528 g/mol. The molecule has 0 spiro atoms. The summed E-state index contributed by atoms with van der Waals surface area (Å²) in [6.45, 7) is 0. The highest BCUT2D eigenvalue weighted by molar-refractivity contribution is 6.34. The van der Waals surface area contributed by atoms with Gasteiger partial charge in [0.1, 0.15) is 22.3 Å². The standard InChI is InChI=1S/C21H11ClF6N6O2/c22-15-14(3-5-30-18(15)29)36-9-6-12(24)16(13(25)7-9)33-20(35)10-8-32-34(17(10)21(26,27)28)19-11(23)2-1-4-31-19/h1-8H,(H2,29,30)(H,33,35). The summed E-state index contributed by atoms with van der Waals surface area (Å²) in [5.41, 5.74) is 1.62. The molecule has 0 bridgehead atoms. The first-order valence-electron chi connectivity index (χ1n) is 9.61. The Bertz CT molecular complexity index is 1450. The summed E-state index contributed by atoms with van der Waals surface area (Å²) in [6.07, 6.45) is -2.50. The van der Waals surface area contributed by atoms with Crippen LogP contribution in [0.15, 0.2) is 48.9 Å². The van der Waals surface area contributed by atoms with Crippen molar-refractivity contribution in [1.29, 1.82) is 0 Å². The maximum atomic E-state index is 14.6. The fourth-order valence-electron chi connectivity index (χ4n) is 3.04. The van der Waals surface area contributed by atoms with Crippen molar-refractivity contribution in [2.45, 2.75) is 6.18 Å². The first-order chi connectivity index (χ1) is 17.0. The van der Waals surface area contributed by atoms with E-state index in [1.165, 1.54) is 12.3 Å². The number of carbonyl (C=O) groups is 1. The lowest BCUT2D eigenvalue weighted by Crippen LogP contribution is -2.22. The minimum atomic E-state index is -5.21. The molecule has 0 fully saturated rings. The van der Waals surface area contributed by atoms with Crippen LogP contribution in [-0.4, -0.2) is 25.7 Å². The van der Waals surface area contributed by atoms with Crippen molar-refractivity contribution in [3.63, 3.8) is 0 Å². The summed E-state index contributed by atoms with van der Waals surface area (Å²) in [6, 6.07) is 4.56. The van der Waals surface area contributed by atoms with Gasteiger partial charge in [-0.15, -0.1) is 0 Å². The Morgan fingerprint density at radius 1 is 1.06 bits per heavy atom. The summed E-state index contributed by atoms with van der Waals surface area (Å²) in [5.74, 6) is -6.90. The fourth-order valence-corrected chi connectivity index (χ4v) is 3.19. The van der Waals surface area contributed by atoms with Crippen molar-refractivity contribution in [2.75, 3.05) is 11.1 Å². The molecular weight excluding hydrogens is 518 g/mol. The van der Waals surface area contributed by atoms with Crippen molar-refractivity contribution in [3.8, 4) is 17.3 Å². The smallest absolute Gasteiger partial charge is 0.434 e. The quantitative estimate of drug-likeness (QED) is 0.337. The molecule has 186 valence electrons. The zero-order valence-electron chi connectivity index (χ0n) is 17.4. The molecule has 0 aliphatic rings. The van der Waals surface area contributed by atoms with Gasteiger partial charge in [0, 0.05) is 30.6 Å². The topological polar surface area (TPSA) is 108 Å². The van der Waals surface area contributed by atoms with Crippen LogP contribution in [0.3, 0.4) is 0 Å². The van der Waals surface area contributed by atoms with Gasteiger partial charge in [-0.25, -0.2) is 27.8 Å². The van der Waals surface area contributed by atoms with E-state index in [1.54, 1.807) is 5.32 Å². The highest BCUT2D eigenvalue weighted by atomic mass is 35.5. The normalized spacial score (nSPS) is 11.4. The van der Waals surface area contributed by atoms with Crippen LogP contribution in [0, 0.1) is 17.5 Å². The maximum absolute atomic E-state index is 14.6. The van der Waals surface area contributed by atoms with Crippen LogP contribution >= 0.6 is 11.6 Å². The zero-order valence-corrected chi connectivity index (χ0v) is 18.2. The molecule has 0 aliphatic carbocycles. The molecule has 3 N–H and O–H groups in total. The highest BCUT2D eigenvalue weighted by Crippen LogP contribution is 2.36. The number of hydrogen-bond acceptors (Lipinski definition) is 6. The van der Waals surface area contributed by atoms with Gasteiger partial charge in [-0.05, 0) is 12.1 Å². The summed E-state index contributed by atoms with van der Waals surface area (Å²) in [7, 11) is 0. The number of nitrogens with zero attached hydrogens (tertiary/aromatic N) is 4. The number of nitrogens with two attached hydrogens (primary N) is 1. The van der Waals surface area contributed by atoms with Crippen LogP contribution in [0.1, 0.15) is 16.1 Å². The summed E-state index contributed by atoms with van der Waals surface area (Å²) in [5, 5.41) is 5.00. The number of amides is 1. The molecule has 0 atom stereocenters. The van der Waals surface area contributed by atoms with Gasteiger partial charge in [0.2, 0.25) is 0 Å². The van der Waals surface area contributed by atoms with E-state index >= 15 is 0 Å². The summed E-state index contributed by atoms with van der Waals surface area (Å²) >= 11 is 5.91. The number of halogens is 7. The van der Waals surface area contributed by atoms with Gasteiger partial charge in [0.15, 0.2) is 34.7 Å². The van der Waals surface area contributed by atoms with Gasteiger partial charge < -0.3 is 15.8 Å². The van der Waals surface area contributed by atoms with Crippen molar-refractivity contribution in [3.05, 3.63) is 82.7 Å². The van der Waals surface area contributed by atoms with Gasteiger partial charge in [-0.2, -0.15) is 18.3 Å². The number of aromatic nitrogens is 4. The largest absolute Gasteiger partial charge is 0.455 e. The lowest BCUT2D eigenvalue weighted by molar-refractivity contribution is -0.143.